The Kier molecular flexibility index (Phi) is 5.26. The second-order valence-corrected chi connectivity index (χ2v) is 8.37. The van der Waals surface area contributed by atoms with E-state index in [4.69, 9.17) is 0 Å². The Hall–Kier alpha value is -1.79. The molecular formula is C18H21FN2O2S. The van der Waals surface area contributed by atoms with Crippen LogP contribution in [0.1, 0.15) is 18.4 Å². The van der Waals surface area contributed by atoms with Crippen LogP contribution in [0.5, 0.6) is 0 Å². The molecule has 0 saturated carbocycles. The summed E-state index contributed by atoms with van der Waals surface area (Å²) >= 11 is 0. The molecule has 1 fully saturated rings. The van der Waals surface area contributed by atoms with Gasteiger partial charge in [-0.05, 0) is 62.2 Å². The summed E-state index contributed by atoms with van der Waals surface area (Å²) < 4.78 is 38.2. The largest absolute Gasteiger partial charge is 0.303 e. The highest BCUT2D eigenvalue weighted by molar-refractivity contribution is 7.92. The number of halogens is 1. The Labute approximate surface area is 142 Å². The number of hydrogen-bond acceptors (Lipinski definition) is 4. The lowest BCUT2D eigenvalue weighted by Crippen LogP contribution is -2.40. The molecule has 1 aromatic carbocycles. The van der Waals surface area contributed by atoms with Gasteiger partial charge in [0.2, 0.25) is 0 Å². The van der Waals surface area contributed by atoms with Crippen molar-refractivity contribution in [2.24, 2.45) is 0 Å². The Balaban J connectivity index is 1.53. The van der Waals surface area contributed by atoms with Gasteiger partial charge in [0, 0.05) is 18.9 Å². The molecule has 0 spiro atoms. The van der Waals surface area contributed by atoms with Crippen molar-refractivity contribution in [2.45, 2.75) is 29.4 Å². The van der Waals surface area contributed by atoms with Crippen LogP contribution in [0.3, 0.4) is 0 Å². The van der Waals surface area contributed by atoms with Gasteiger partial charge in [0.1, 0.15) is 5.82 Å². The van der Waals surface area contributed by atoms with Crippen molar-refractivity contribution in [3.63, 3.8) is 0 Å². The van der Waals surface area contributed by atoms with Gasteiger partial charge in [0.25, 0.3) is 0 Å². The predicted octanol–water partition coefficient (Wildman–Crippen LogP) is 2.70. The van der Waals surface area contributed by atoms with E-state index in [9.17, 15) is 12.8 Å². The first-order valence-electron chi connectivity index (χ1n) is 8.16. The average molecular weight is 348 g/mol. The van der Waals surface area contributed by atoms with Gasteiger partial charge in [0.15, 0.2) is 9.84 Å². The molecular weight excluding hydrogens is 327 g/mol. The minimum Gasteiger partial charge on any atom is -0.303 e. The van der Waals surface area contributed by atoms with E-state index in [1.54, 1.807) is 24.3 Å². The van der Waals surface area contributed by atoms with E-state index >= 15 is 0 Å². The Morgan fingerprint density at radius 1 is 1.04 bits per heavy atom. The molecule has 0 unspecified atom stereocenters. The molecule has 128 valence electrons. The topological polar surface area (TPSA) is 50.3 Å². The van der Waals surface area contributed by atoms with Crippen molar-refractivity contribution in [1.29, 1.82) is 0 Å². The first kappa shape index (κ1) is 17.0. The summed E-state index contributed by atoms with van der Waals surface area (Å²) in [6.07, 6.45) is 5.18. The first-order valence-corrected chi connectivity index (χ1v) is 9.71. The molecule has 1 saturated heterocycles. The number of benzene rings is 1. The smallest absolute Gasteiger partial charge is 0.181 e. The zero-order valence-electron chi connectivity index (χ0n) is 13.4. The van der Waals surface area contributed by atoms with Crippen molar-refractivity contribution in [2.75, 3.05) is 19.6 Å². The molecule has 1 aliphatic rings. The van der Waals surface area contributed by atoms with Crippen LogP contribution in [0.25, 0.3) is 0 Å². The van der Waals surface area contributed by atoms with Gasteiger partial charge in [-0.3, -0.25) is 4.98 Å². The molecule has 1 aliphatic heterocycles. The lowest BCUT2D eigenvalue weighted by Gasteiger charge is -2.31. The molecule has 2 aromatic rings. The highest BCUT2D eigenvalue weighted by Crippen LogP contribution is 2.24. The zero-order valence-corrected chi connectivity index (χ0v) is 14.3. The summed E-state index contributed by atoms with van der Waals surface area (Å²) in [6.45, 7) is 2.42. The van der Waals surface area contributed by atoms with Gasteiger partial charge in [-0.25, -0.2) is 12.8 Å². The van der Waals surface area contributed by atoms with Gasteiger partial charge in [0.05, 0.1) is 10.1 Å². The summed E-state index contributed by atoms with van der Waals surface area (Å²) in [5, 5.41) is -0.318. The van der Waals surface area contributed by atoms with Crippen LogP contribution in [-0.4, -0.2) is 43.2 Å². The van der Waals surface area contributed by atoms with Crippen LogP contribution in [0.15, 0.2) is 53.7 Å². The molecule has 0 amide bonds. The molecule has 0 N–H and O–H groups in total. The van der Waals surface area contributed by atoms with Gasteiger partial charge in [-0.15, -0.1) is 0 Å². The minimum atomic E-state index is -3.27. The Bertz CT molecular complexity index is 755. The lowest BCUT2D eigenvalue weighted by atomic mass is 10.1. The number of nitrogens with zero attached hydrogens (tertiary/aromatic N) is 2. The summed E-state index contributed by atoms with van der Waals surface area (Å²) in [5.41, 5.74) is 1.10. The van der Waals surface area contributed by atoms with Gasteiger partial charge < -0.3 is 4.90 Å². The zero-order chi connectivity index (χ0) is 17.0. The highest BCUT2D eigenvalue weighted by Gasteiger charge is 2.31. The third-order valence-corrected chi connectivity index (χ3v) is 6.86. The van der Waals surface area contributed by atoms with E-state index in [0.29, 0.717) is 17.7 Å². The van der Waals surface area contributed by atoms with Crippen LogP contribution in [0, 0.1) is 5.82 Å². The summed E-state index contributed by atoms with van der Waals surface area (Å²) in [6, 6.07) is 9.68. The number of aromatic nitrogens is 1. The second-order valence-electron chi connectivity index (χ2n) is 6.15. The number of hydrogen-bond donors (Lipinski definition) is 0. The first-order chi connectivity index (χ1) is 11.6. The molecule has 4 nitrogen and oxygen atoms in total. The monoisotopic (exact) mass is 348 g/mol. The third kappa shape index (κ3) is 3.99. The maximum absolute atomic E-state index is 12.9. The quantitative estimate of drug-likeness (QED) is 0.834. The number of piperidine rings is 1. The maximum Gasteiger partial charge on any atom is 0.181 e. The Morgan fingerprint density at radius 3 is 2.29 bits per heavy atom. The van der Waals surface area contributed by atoms with E-state index in [1.165, 1.54) is 24.5 Å². The fourth-order valence-corrected chi connectivity index (χ4v) is 4.82. The van der Waals surface area contributed by atoms with Crippen molar-refractivity contribution in [3.8, 4) is 0 Å². The van der Waals surface area contributed by atoms with Crippen LogP contribution in [0.4, 0.5) is 4.39 Å². The fourth-order valence-electron chi connectivity index (χ4n) is 3.10. The number of rotatable bonds is 5. The molecule has 0 atom stereocenters. The van der Waals surface area contributed by atoms with Crippen molar-refractivity contribution in [3.05, 3.63) is 60.2 Å². The molecule has 2 heterocycles. The predicted molar refractivity (Wildman–Crippen MR) is 91.0 cm³/mol. The molecule has 6 heteroatoms. The van der Waals surface area contributed by atoms with Crippen molar-refractivity contribution >= 4 is 9.84 Å². The van der Waals surface area contributed by atoms with Gasteiger partial charge in [-0.2, -0.15) is 0 Å². The maximum atomic E-state index is 12.9. The molecule has 24 heavy (non-hydrogen) atoms. The number of sulfone groups is 1. The molecule has 3 rings (SSSR count). The van der Waals surface area contributed by atoms with E-state index in [-0.39, 0.29) is 11.1 Å². The normalized spacial score (nSPS) is 17.0. The summed E-state index contributed by atoms with van der Waals surface area (Å²) in [5.74, 6) is -0.221. The average Bonchev–Trinajstić information content (AvgIpc) is 2.62. The van der Waals surface area contributed by atoms with Gasteiger partial charge in [-0.1, -0.05) is 12.1 Å². The van der Waals surface area contributed by atoms with Crippen LogP contribution in [0.2, 0.25) is 0 Å². The molecule has 0 bridgehead atoms. The van der Waals surface area contributed by atoms with Crippen LogP contribution >= 0.6 is 0 Å². The van der Waals surface area contributed by atoms with Crippen molar-refractivity contribution < 1.29 is 12.8 Å². The molecule has 0 radical (unpaired) electrons. The summed E-state index contributed by atoms with van der Waals surface area (Å²) in [7, 11) is -3.27. The van der Waals surface area contributed by atoms with Gasteiger partial charge >= 0.3 is 0 Å². The number of pyridine rings is 1. The lowest BCUT2D eigenvalue weighted by molar-refractivity contribution is 0.232. The SMILES string of the molecule is O=S(=O)(c1ccncc1)C1CCN(CCc2ccc(F)cc2)CC1. The molecule has 1 aromatic heterocycles. The van der Waals surface area contributed by atoms with E-state index < -0.39 is 9.84 Å². The summed E-state index contributed by atoms with van der Waals surface area (Å²) in [4.78, 5) is 6.52. The minimum absolute atomic E-state index is 0.221. The number of likely N-dealkylation sites (tertiary alicyclic amines) is 1. The van der Waals surface area contributed by atoms with E-state index in [2.05, 4.69) is 9.88 Å². The fraction of sp³-hybridized carbons (Fsp3) is 0.389. The molecule has 0 aliphatic carbocycles. The standard InChI is InChI=1S/C18H21FN2O2S/c19-16-3-1-15(2-4-16)7-12-21-13-8-18(9-14-21)24(22,23)17-5-10-20-11-6-17/h1-6,10-11,18H,7-9,12-14H2. The highest BCUT2D eigenvalue weighted by atomic mass is 32.2. The van der Waals surface area contributed by atoms with Crippen LogP contribution < -0.4 is 0 Å². The van der Waals surface area contributed by atoms with Crippen LogP contribution in [-0.2, 0) is 16.3 Å². The van der Waals surface area contributed by atoms with E-state index in [1.807, 2.05) is 0 Å². The second kappa shape index (κ2) is 7.40. The third-order valence-electron chi connectivity index (χ3n) is 4.58. The Morgan fingerprint density at radius 2 is 1.67 bits per heavy atom. The van der Waals surface area contributed by atoms with Crippen molar-refractivity contribution in [1.82, 2.24) is 9.88 Å². The van der Waals surface area contributed by atoms with E-state index in [0.717, 1.165) is 31.6 Å².